The SMILES string of the molecule is CNC(=O)Nc1cccc(Oc2ccnc3[nH]c(=O)oc23)c1. The Labute approximate surface area is 124 Å². The lowest BCUT2D eigenvalue weighted by Crippen LogP contribution is -2.24. The van der Waals surface area contributed by atoms with Gasteiger partial charge in [-0.2, -0.15) is 0 Å². The summed E-state index contributed by atoms with van der Waals surface area (Å²) in [6, 6.07) is 8.06. The number of aromatic amines is 1. The number of nitrogens with one attached hydrogen (secondary N) is 3. The number of aromatic nitrogens is 2. The van der Waals surface area contributed by atoms with Gasteiger partial charge in [0.05, 0.1) is 0 Å². The van der Waals surface area contributed by atoms with E-state index in [1.165, 1.54) is 13.2 Å². The fourth-order valence-corrected chi connectivity index (χ4v) is 1.87. The van der Waals surface area contributed by atoms with Crippen molar-refractivity contribution in [3.63, 3.8) is 0 Å². The van der Waals surface area contributed by atoms with Crippen molar-refractivity contribution in [1.29, 1.82) is 0 Å². The molecule has 0 unspecified atom stereocenters. The van der Waals surface area contributed by atoms with E-state index in [1.807, 2.05) is 0 Å². The molecule has 22 heavy (non-hydrogen) atoms. The van der Waals surface area contributed by atoms with E-state index in [4.69, 9.17) is 9.15 Å². The third kappa shape index (κ3) is 2.75. The van der Waals surface area contributed by atoms with E-state index >= 15 is 0 Å². The standard InChI is InChI=1S/C14H12N4O4/c1-15-13(19)17-8-3-2-4-9(7-8)21-10-5-6-16-12-11(10)22-14(20)18-12/h2-7H,1H3,(H2,15,17,19)(H,16,18,20). The Balaban J connectivity index is 1.90. The van der Waals surface area contributed by atoms with Gasteiger partial charge in [0, 0.05) is 31.1 Å². The van der Waals surface area contributed by atoms with Crippen LogP contribution in [0.3, 0.4) is 0 Å². The van der Waals surface area contributed by atoms with Crippen LogP contribution in [-0.4, -0.2) is 23.0 Å². The molecule has 3 aromatic rings. The molecule has 0 bridgehead atoms. The normalized spacial score (nSPS) is 10.4. The van der Waals surface area contributed by atoms with E-state index < -0.39 is 5.76 Å². The van der Waals surface area contributed by atoms with Crippen molar-refractivity contribution < 1.29 is 13.9 Å². The largest absolute Gasteiger partial charge is 0.453 e. The van der Waals surface area contributed by atoms with Gasteiger partial charge in [-0.1, -0.05) is 6.07 Å². The molecule has 2 heterocycles. The topological polar surface area (TPSA) is 109 Å². The second-order valence-corrected chi connectivity index (χ2v) is 4.34. The maximum absolute atomic E-state index is 11.3. The van der Waals surface area contributed by atoms with E-state index in [9.17, 15) is 9.59 Å². The molecule has 8 nitrogen and oxygen atoms in total. The summed E-state index contributed by atoms with van der Waals surface area (Å²) in [5.41, 5.74) is 1.11. The number of carbonyl (C=O) groups is 1. The Morgan fingerprint density at radius 1 is 1.36 bits per heavy atom. The zero-order valence-corrected chi connectivity index (χ0v) is 11.5. The van der Waals surface area contributed by atoms with Crippen LogP contribution in [0.4, 0.5) is 10.5 Å². The highest BCUT2D eigenvalue weighted by Gasteiger charge is 2.10. The van der Waals surface area contributed by atoms with Gasteiger partial charge in [0.1, 0.15) is 5.75 Å². The van der Waals surface area contributed by atoms with Gasteiger partial charge in [0.15, 0.2) is 11.4 Å². The van der Waals surface area contributed by atoms with Crippen molar-refractivity contribution in [2.45, 2.75) is 0 Å². The lowest BCUT2D eigenvalue weighted by atomic mass is 10.3. The Morgan fingerprint density at radius 2 is 2.23 bits per heavy atom. The van der Waals surface area contributed by atoms with Crippen LogP contribution < -0.4 is 21.1 Å². The Morgan fingerprint density at radius 3 is 3.05 bits per heavy atom. The predicted molar refractivity (Wildman–Crippen MR) is 79.2 cm³/mol. The number of anilines is 1. The molecular formula is C14H12N4O4. The van der Waals surface area contributed by atoms with Gasteiger partial charge >= 0.3 is 11.8 Å². The number of nitrogens with zero attached hydrogens (tertiary/aromatic N) is 1. The van der Waals surface area contributed by atoms with Crippen LogP contribution in [0.5, 0.6) is 11.5 Å². The van der Waals surface area contributed by atoms with Crippen LogP contribution >= 0.6 is 0 Å². The second kappa shape index (κ2) is 5.60. The second-order valence-electron chi connectivity index (χ2n) is 4.34. The van der Waals surface area contributed by atoms with Gasteiger partial charge in [0.2, 0.25) is 5.58 Å². The minimum absolute atomic E-state index is 0.233. The minimum Gasteiger partial charge on any atom is -0.453 e. The van der Waals surface area contributed by atoms with Gasteiger partial charge in [-0.25, -0.2) is 14.6 Å². The Bertz CT molecular complexity index is 884. The number of carbonyl (C=O) groups excluding carboxylic acids is 1. The van der Waals surface area contributed by atoms with Crippen LogP contribution in [-0.2, 0) is 0 Å². The highest BCUT2D eigenvalue weighted by molar-refractivity contribution is 5.89. The molecule has 0 fully saturated rings. The summed E-state index contributed by atoms with van der Waals surface area (Å²) in [7, 11) is 1.53. The number of hydrogen-bond acceptors (Lipinski definition) is 5. The first kappa shape index (κ1) is 13.7. The molecule has 0 radical (unpaired) electrons. The van der Waals surface area contributed by atoms with Crippen molar-refractivity contribution in [1.82, 2.24) is 15.3 Å². The van der Waals surface area contributed by atoms with Crippen LogP contribution in [0.2, 0.25) is 0 Å². The highest BCUT2D eigenvalue weighted by Crippen LogP contribution is 2.28. The van der Waals surface area contributed by atoms with E-state index in [1.54, 1.807) is 30.3 Å². The number of fused-ring (bicyclic) bond motifs is 1. The molecule has 0 saturated heterocycles. The molecule has 0 aliphatic carbocycles. The first-order valence-corrected chi connectivity index (χ1v) is 6.40. The van der Waals surface area contributed by atoms with Gasteiger partial charge in [-0.3, -0.25) is 4.98 Å². The monoisotopic (exact) mass is 300 g/mol. The first-order chi connectivity index (χ1) is 10.7. The van der Waals surface area contributed by atoms with Crippen molar-refractivity contribution in [3.8, 4) is 11.5 Å². The average Bonchev–Trinajstić information content (AvgIpc) is 2.89. The molecule has 2 amide bonds. The molecule has 3 rings (SSSR count). The van der Waals surface area contributed by atoms with Crippen LogP contribution in [0.25, 0.3) is 11.2 Å². The van der Waals surface area contributed by atoms with Crippen LogP contribution in [0, 0.1) is 0 Å². The molecule has 8 heteroatoms. The smallest absolute Gasteiger partial charge is 0.418 e. The number of urea groups is 1. The number of rotatable bonds is 3. The summed E-state index contributed by atoms with van der Waals surface area (Å²) in [5, 5.41) is 5.09. The van der Waals surface area contributed by atoms with Crippen LogP contribution in [0.15, 0.2) is 45.7 Å². The van der Waals surface area contributed by atoms with Gasteiger partial charge in [-0.15, -0.1) is 0 Å². The third-order valence-corrected chi connectivity index (χ3v) is 2.83. The maximum atomic E-state index is 11.3. The summed E-state index contributed by atoms with van der Waals surface area (Å²) < 4.78 is 10.7. The van der Waals surface area contributed by atoms with Gasteiger partial charge in [0.25, 0.3) is 0 Å². The van der Waals surface area contributed by atoms with Crippen molar-refractivity contribution in [3.05, 3.63) is 47.1 Å². The molecule has 0 saturated carbocycles. The van der Waals surface area contributed by atoms with E-state index in [0.29, 0.717) is 22.8 Å². The number of hydrogen-bond donors (Lipinski definition) is 3. The summed E-state index contributed by atoms with van der Waals surface area (Å²) in [5.74, 6) is 0.222. The minimum atomic E-state index is -0.603. The summed E-state index contributed by atoms with van der Waals surface area (Å²) in [6.45, 7) is 0. The number of ether oxygens (including phenoxy) is 1. The Kier molecular flexibility index (Phi) is 3.48. The molecule has 3 N–H and O–H groups in total. The summed E-state index contributed by atoms with van der Waals surface area (Å²) in [6.07, 6.45) is 1.50. The zero-order chi connectivity index (χ0) is 15.5. The van der Waals surface area contributed by atoms with Crippen molar-refractivity contribution >= 4 is 22.9 Å². The highest BCUT2D eigenvalue weighted by atomic mass is 16.5. The number of benzene rings is 1. The number of pyridine rings is 1. The molecule has 0 aliphatic rings. The summed E-state index contributed by atoms with van der Waals surface area (Å²) in [4.78, 5) is 29.0. The van der Waals surface area contributed by atoms with E-state index in [-0.39, 0.29) is 11.6 Å². The maximum Gasteiger partial charge on any atom is 0.418 e. The first-order valence-electron chi connectivity index (χ1n) is 6.40. The molecule has 0 aliphatic heterocycles. The van der Waals surface area contributed by atoms with Crippen molar-refractivity contribution in [2.75, 3.05) is 12.4 Å². The van der Waals surface area contributed by atoms with Crippen molar-refractivity contribution in [2.24, 2.45) is 0 Å². The number of H-pyrrole nitrogens is 1. The average molecular weight is 300 g/mol. The molecular weight excluding hydrogens is 288 g/mol. The lowest BCUT2D eigenvalue weighted by Gasteiger charge is -2.08. The van der Waals surface area contributed by atoms with Crippen LogP contribution in [0.1, 0.15) is 0 Å². The van der Waals surface area contributed by atoms with Gasteiger partial charge < -0.3 is 19.8 Å². The molecule has 112 valence electrons. The predicted octanol–water partition coefficient (Wildman–Crippen LogP) is 2.06. The summed E-state index contributed by atoms with van der Waals surface area (Å²) >= 11 is 0. The zero-order valence-electron chi connectivity index (χ0n) is 11.5. The fourth-order valence-electron chi connectivity index (χ4n) is 1.87. The molecule has 0 atom stereocenters. The third-order valence-electron chi connectivity index (χ3n) is 2.83. The number of amides is 2. The van der Waals surface area contributed by atoms with Gasteiger partial charge in [-0.05, 0) is 12.1 Å². The Hall–Kier alpha value is -3.29. The molecule has 0 spiro atoms. The quantitative estimate of drug-likeness (QED) is 0.686. The van der Waals surface area contributed by atoms with E-state index in [2.05, 4.69) is 20.6 Å². The van der Waals surface area contributed by atoms with E-state index in [0.717, 1.165) is 0 Å². The molecule has 2 aromatic heterocycles. The fraction of sp³-hybridized carbons (Fsp3) is 0.0714. The molecule has 1 aromatic carbocycles. The lowest BCUT2D eigenvalue weighted by molar-refractivity contribution is 0.254. The number of oxazole rings is 1.